The van der Waals surface area contributed by atoms with Gasteiger partial charge in [0.15, 0.2) is 5.82 Å². The van der Waals surface area contributed by atoms with Crippen LogP contribution in [0.1, 0.15) is 30.9 Å². The molecule has 3 rings (SSSR count). The van der Waals surface area contributed by atoms with Crippen LogP contribution in [0.15, 0.2) is 53.6 Å². The number of hydrogen-bond acceptors (Lipinski definition) is 3. The fraction of sp³-hybridized carbons (Fsp3) is 0.167. The summed E-state index contributed by atoms with van der Waals surface area (Å²) in [5.74, 6) is 1.13. The van der Waals surface area contributed by atoms with Gasteiger partial charge in [-0.15, -0.1) is 0 Å². The highest BCUT2D eigenvalue weighted by atomic mass is 35.5. The van der Waals surface area contributed by atoms with Gasteiger partial charge in [-0.25, -0.2) is 5.10 Å². The first-order valence-electron chi connectivity index (χ1n) is 7.62. The third-order valence-corrected chi connectivity index (χ3v) is 4.16. The lowest BCUT2D eigenvalue weighted by Gasteiger charge is -2.05. The van der Waals surface area contributed by atoms with Crippen LogP contribution in [0.2, 0.25) is 5.02 Å². The molecular weight excluding hydrogens is 340 g/mol. The predicted octanol–water partition coefficient (Wildman–Crippen LogP) is 5.27. The molecule has 0 saturated heterocycles. The van der Waals surface area contributed by atoms with Crippen molar-refractivity contribution < 1.29 is 0 Å². The highest BCUT2D eigenvalue weighted by molar-refractivity contribution is 7.71. The normalized spacial score (nSPS) is 11.5. The third kappa shape index (κ3) is 3.63. The molecule has 0 aliphatic carbocycles. The van der Waals surface area contributed by atoms with Crippen LogP contribution in [0, 0.1) is 4.77 Å². The number of rotatable bonds is 4. The molecule has 122 valence electrons. The number of nitrogens with one attached hydrogen (secondary N) is 1. The molecule has 0 aliphatic rings. The monoisotopic (exact) mass is 356 g/mol. The Labute approximate surface area is 150 Å². The Kier molecular flexibility index (Phi) is 4.92. The van der Waals surface area contributed by atoms with Gasteiger partial charge in [0.1, 0.15) is 0 Å². The molecule has 2 aromatic carbocycles. The topological polar surface area (TPSA) is 46.0 Å². The van der Waals surface area contributed by atoms with Crippen LogP contribution >= 0.6 is 23.8 Å². The van der Waals surface area contributed by atoms with E-state index in [1.54, 1.807) is 10.9 Å². The molecule has 1 heterocycles. The molecule has 1 N–H and O–H groups in total. The van der Waals surface area contributed by atoms with E-state index in [-0.39, 0.29) is 0 Å². The minimum Gasteiger partial charge on any atom is -0.250 e. The first-order valence-corrected chi connectivity index (χ1v) is 8.41. The van der Waals surface area contributed by atoms with E-state index < -0.39 is 0 Å². The number of halogens is 1. The van der Waals surface area contributed by atoms with Crippen molar-refractivity contribution in [2.75, 3.05) is 0 Å². The van der Waals surface area contributed by atoms with E-state index in [1.807, 2.05) is 36.4 Å². The highest BCUT2D eigenvalue weighted by Gasteiger charge is 2.08. The lowest BCUT2D eigenvalue weighted by atomic mass is 10.0. The summed E-state index contributed by atoms with van der Waals surface area (Å²) in [6.45, 7) is 4.34. The molecule has 0 radical (unpaired) electrons. The average Bonchev–Trinajstić information content (AvgIpc) is 2.94. The molecule has 0 unspecified atom stereocenters. The summed E-state index contributed by atoms with van der Waals surface area (Å²) < 4.78 is 2.03. The lowest BCUT2D eigenvalue weighted by molar-refractivity contribution is 0.865. The molecule has 6 heteroatoms. The molecule has 0 spiro atoms. The van der Waals surface area contributed by atoms with Crippen molar-refractivity contribution in [3.63, 3.8) is 0 Å². The van der Waals surface area contributed by atoms with E-state index in [2.05, 4.69) is 41.3 Å². The molecule has 24 heavy (non-hydrogen) atoms. The maximum absolute atomic E-state index is 6.06. The summed E-state index contributed by atoms with van der Waals surface area (Å²) in [6, 6.07) is 15.7. The Morgan fingerprint density at radius 1 is 1.21 bits per heavy atom. The first kappa shape index (κ1) is 16.6. The van der Waals surface area contributed by atoms with Gasteiger partial charge in [-0.2, -0.15) is 14.9 Å². The van der Waals surface area contributed by atoms with E-state index in [1.165, 1.54) is 5.56 Å². The fourth-order valence-corrected chi connectivity index (χ4v) is 2.67. The van der Waals surface area contributed by atoms with Gasteiger partial charge < -0.3 is 0 Å². The summed E-state index contributed by atoms with van der Waals surface area (Å²) in [6.07, 6.45) is 1.77. The first-order chi connectivity index (χ1) is 11.5. The van der Waals surface area contributed by atoms with Crippen LogP contribution in [0.25, 0.3) is 11.4 Å². The zero-order chi connectivity index (χ0) is 17.1. The predicted molar refractivity (Wildman–Crippen MR) is 101 cm³/mol. The van der Waals surface area contributed by atoms with E-state index in [9.17, 15) is 0 Å². The van der Waals surface area contributed by atoms with E-state index in [0.717, 1.165) is 11.1 Å². The van der Waals surface area contributed by atoms with Crippen molar-refractivity contribution in [3.05, 3.63) is 69.5 Å². The van der Waals surface area contributed by atoms with Crippen LogP contribution < -0.4 is 0 Å². The largest absolute Gasteiger partial charge is 0.250 e. The van der Waals surface area contributed by atoms with Gasteiger partial charge in [0.2, 0.25) is 4.77 Å². The van der Waals surface area contributed by atoms with E-state index in [0.29, 0.717) is 21.5 Å². The molecule has 0 amide bonds. The molecular formula is C18H17ClN4S. The third-order valence-electron chi connectivity index (χ3n) is 3.66. The molecule has 0 aliphatic heterocycles. The fourth-order valence-electron chi connectivity index (χ4n) is 2.30. The molecule has 0 bridgehead atoms. The summed E-state index contributed by atoms with van der Waals surface area (Å²) in [4.78, 5) is 0. The van der Waals surface area contributed by atoms with Crippen molar-refractivity contribution in [2.24, 2.45) is 5.10 Å². The maximum Gasteiger partial charge on any atom is 0.216 e. The molecule has 0 saturated carbocycles. The SMILES string of the molecule is CC(C)c1ccc(/C=N\n2c(-c3cccc(Cl)c3)n[nH]c2=S)cc1. The second-order valence-corrected chi connectivity index (χ2v) is 6.56. The Bertz CT molecular complexity index is 923. The van der Waals surface area contributed by atoms with Crippen molar-refractivity contribution in [3.8, 4) is 11.4 Å². The lowest BCUT2D eigenvalue weighted by Crippen LogP contribution is -1.95. The van der Waals surface area contributed by atoms with Crippen LogP contribution in [0.4, 0.5) is 0 Å². The molecule has 1 aromatic heterocycles. The average molecular weight is 357 g/mol. The summed E-state index contributed by atoms with van der Waals surface area (Å²) >= 11 is 11.3. The van der Waals surface area contributed by atoms with Gasteiger partial charge in [0.25, 0.3) is 0 Å². The van der Waals surface area contributed by atoms with Gasteiger partial charge in [-0.3, -0.25) is 0 Å². The smallest absolute Gasteiger partial charge is 0.216 e. The minimum absolute atomic E-state index is 0.431. The number of H-pyrrole nitrogens is 1. The Morgan fingerprint density at radius 2 is 1.96 bits per heavy atom. The van der Waals surface area contributed by atoms with Gasteiger partial charge in [-0.1, -0.05) is 61.8 Å². The van der Waals surface area contributed by atoms with Gasteiger partial charge in [0.05, 0.1) is 6.21 Å². The zero-order valence-corrected chi connectivity index (χ0v) is 15.0. The van der Waals surface area contributed by atoms with E-state index in [4.69, 9.17) is 23.8 Å². The minimum atomic E-state index is 0.431. The van der Waals surface area contributed by atoms with Crippen molar-refractivity contribution in [2.45, 2.75) is 19.8 Å². The number of hydrogen-bond donors (Lipinski definition) is 1. The van der Waals surface area contributed by atoms with Crippen LogP contribution in [0.3, 0.4) is 0 Å². The second kappa shape index (κ2) is 7.11. The Hall–Kier alpha value is -2.24. The zero-order valence-electron chi connectivity index (χ0n) is 13.4. The standard InChI is InChI=1S/C18H17ClN4S/c1-12(2)14-8-6-13(7-9-14)11-20-23-17(21-22-18(23)24)15-4-3-5-16(19)10-15/h3-12H,1-2H3,(H,22,24)/b20-11-. The van der Waals surface area contributed by atoms with Crippen molar-refractivity contribution in [1.82, 2.24) is 14.9 Å². The number of benzene rings is 2. The number of aromatic amines is 1. The van der Waals surface area contributed by atoms with E-state index >= 15 is 0 Å². The van der Waals surface area contributed by atoms with Gasteiger partial charge in [0, 0.05) is 10.6 Å². The van der Waals surface area contributed by atoms with Crippen LogP contribution in [-0.4, -0.2) is 21.1 Å². The number of nitrogens with zero attached hydrogens (tertiary/aromatic N) is 3. The summed E-state index contributed by atoms with van der Waals surface area (Å²) in [5, 5.41) is 12.1. The summed E-state index contributed by atoms with van der Waals surface area (Å²) in [7, 11) is 0. The van der Waals surface area contributed by atoms with Gasteiger partial charge in [-0.05, 0) is 41.4 Å². The molecule has 4 nitrogen and oxygen atoms in total. The summed E-state index contributed by atoms with van der Waals surface area (Å²) in [5.41, 5.74) is 3.15. The maximum atomic E-state index is 6.06. The Balaban J connectivity index is 1.93. The quantitative estimate of drug-likeness (QED) is 0.511. The Morgan fingerprint density at radius 3 is 2.62 bits per heavy atom. The van der Waals surface area contributed by atoms with Crippen molar-refractivity contribution in [1.29, 1.82) is 0 Å². The van der Waals surface area contributed by atoms with Crippen molar-refractivity contribution >= 4 is 30.0 Å². The van der Waals surface area contributed by atoms with Crippen LogP contribution in [-0.2, 0) is 0 Å². The molecule has 3 aromatic rings. The highest BCUT2D eigenvalue weighted by Crippen LogP contribution is 2.21. The molecule has 0 atom stereocenters. The van der Waals surface area contributed by atoms with Gasteiger partial charge >= 0.3 is 0 Å². The van der Waals surface area contributed by atoms with Crippen LogP contribution in [0.5, 0.6) is 0 Å². The molecule has 0 fully saturated rings. The number of aromatic nitrogens is 3. The second-order valence-electron chi connectivity index (χ2n) is 5.74.